The maximum Gasteiger partial charge on any atom is 0.125 e. The van der Waals surface area contributed by atoms with Crippen molar-refractivity contribution >= 4 is 5.69 Å². The summed E-state index contributed by atoms with van der Waals surface area (Å²) < 4.78 is 13.3. The molecule has 0 aromatic heterocycles. The Hall–Kier alpha value is -2.03. The van der Waals surface area contributed by atoms with Crippen LogP contribution in [0.25, 0.3) is 0 Å². The Kier molecular flexibility index (Phi) is 4.05. The van der Waals surface area contributed by atoms with Crippen LogP contribution in [0.3, 0.4) is 0 Å². The van der Waals surface area contributed by atoms with Gasteiger partial charge in [-0.25, -0.2) is 4.39 Å². The summed E-state index contributed by atoms with van der Waals surface area (Å²) in [6, 6.07) is 11.9. The molecule has 1 atom stereocenters. The molecule has 0 fully saturated rings. The fourth-order valence-corrected chi connectivity index (χ4v) is 2.12. The van der Waals surface area contributed by atoms with Gasteiger partial charge in [0.05, 0.1) is 6.04 Å². The van der Waals surface area contributed by atoms with E-state index in [1.807, 2.05) is 26.0 Å². The van der Waals surface area contributed by atoms with E-state index in [0.29, 0.717) is 0 Å². The summed E-state index contributed by atoms with van der Waals surface area (Å²) in [5.41, 5.74) is 2.57. The predicted molar refractivity (Wildman–Crippen MR) is 75.9 cm³/mol. The molecule has 0 radical (unpaired) electrons. The second-order valence-corrected chi connectivity index (χ2v) is 4.62. The van der Waals surface area contributed by atoms with Gasteiger partial charge in [0.15, 0.2) is 0 Å². The minimum atomic E-state index is -0.264. The van der Waals surface area contributed by atoms with Gasteiger partial charge in [-0.15, -0.1) is 0 Å². The van der Waals surface area contributed by atoms with Gasteiger partial charge in [0.1, 0.15) is 11.6 Å². The molecule has 100 valence electrons. The van der Waals surface area contributed by atoms with Gasteiger partial charge in [-0.1, -0.05) is 31.2 Å². The van der Waals surface area contributed by atoms with Crippen molar-refractivity contribution in [3.05, 3.63) is 59.4 Å². The molecule has 0 aliphatic carbocycles. The number of hydrogen-bond donors (Lipinski definition) is 2. The predicted octanol–water partition coefficient (Wildman–Crippen LogP) is 4.40. The van der Waals surface area contributed by atoms with Crippen LogP contribution in [0.5, 0.6) is 5.75 Å². The first-order valence-electron chi connectivity index (χ1n) is 6.42. The van der Waals surface area contributed by atoms with Crippen molar-refractivity contribution in [2.45, 2.75) is 26.3 Å². The van der Waals surface area contributed by atoms with E-state index < -0.39 is 0 Å². The number of hydrogen-bond acceptors (Lipinski definition) is 2. The Bertz CT molecular complexity index is 568. The van der Waals surface area contributed by atoms with Gasteiger partial charge in [-0.3, -0.25) is 0 Å². The number of halogens is 1. The summed E-state index contributed by atoms with van der Waals surface area (Å²) in [6.45, 7) is 3.96. The Morgan fingerprint density at radius 3 is 2.63 bits per heavy atom. The van der Waals surface area contributed by atoms with Crippen LogP contribution in [-0.2, 0) is 0 Å². The SMILES string of the molecule is CCC(Nc1cc(F)ccc1C)c1ccccc1O. The second kappa shape index (κ2) is 5.74. The smallest absolute Gasteiger partial charge is 0.125 e. The van der Waals surface area contributed by atoms with E-state index in [4.69, 9.17) is 0 Å². The quantitative estimate of drug-likeness (QED) is 0.852. The van der Waals surface area contributed by atoms with Crippen molar-refractivity contribution in [2.75, 3.05) is 5.32 Å². The van der Waals surface area contributed by atoms with Crippen molar-refractivity contribution in [2.24, 2.45) is 0 Å². The van der Waals surface area contributed by atoms with Gasteiger partial charge in [-0.05, 0) is 37.1 Å². The maximum absolute atomic E-state index is 13.3. The molecule has 0 aliphatic heterocycles. The fraction of sp³-hybridized carbons (Fsp3) is 0.250. The number of aromatic hydroxyl groups is 1. The normalized spacial score (nSPS) is 12.2. The largest absolute Gasteiger partial charge is 0.508 e. The van der Waals surface area contributed by atoms with E-state index in [1.165, 1.54) is 12.1 Å². The lowest BCUT2D eigenvalue weighted by atomic mass is 10.0. The minimum absolute atomic E-state index is 0.0401. The number of benzene rings is 2. The number of aryl methyl sites for hydroxylation is 1. The van der Waals surface area contributed by atoms with Crippen LogP contribution in [-0.4, -0.2) is 5.11 Å². The van der Waals surface area contributed by atoms with Crippen LogP contribution >= 0.6 is 0 Å². The molecule has 19 heavy (non-hydrogen) atoms. The molecule has 0 saturated heterocycles. The zero-order valence-corrected chi connectivity index (χ0v) is 11.2. The van der Waals surface area contributed by atoms with Crippen LogP contribution in [0.4, 0.5) is 10.1 Å². The van der Waals surface area contributed by atoms with Gasteiger partial charge >= 0.3 is 0 Å². The number of anilines is 1. The van der Waals surface area contributed by atoms with Gasteiger partial charge in [0.2, 0.25) is 0 Å². The van der Waals surface area contributed by atoms with E-state index in [-0.39, 0.29) is 17.6 Å². The molecule has 2 N–H and O–H groups in total. The summed E-state index contributed by atoms with van der Waals surface area (Å²) in [7, 11) is 0. The van der Waals surface area contributed by atoms with Gasteiger partial charge < -0.3 is 10.4 Å². The summed E-state index contributed by atoms with van der Waals surface area (Å²) in [6.07, 6.45) is 0.799. The molecule has 1 unspecified atom stereocenters. The summed E-state index contributed by atoms with van der Waals surface area (Å²) >= 11 is 0. The van der Waals surface area contributed by atoms with E-state index in [0.717, 1.165) is 23.2 Å². The first-order valence-corrected chi connectivity index (χ1v) is 6.42. The average Bonchev–Trinajstić information content (AvgIpc) is 2.41. The van der Waals surface area contributed by atoms with E-state index in [9.17, 15) is 9.50 Å². The first kappa shape index (κ1) is 13.4. The standard InChI is InChI=1S/C16H18FNO/c1-3-14(13-6-4-5-7-16(13)19)18-15-10-12(17)9-8-11(15)2/h4-10,14,18-19H,3H2,1-2H3. The molecule has 0 aliphatic rings. The molecule has 0 spiro atoms. The van der Waals surface area contributed by atoms with Crippen LogP contribution in [0, 0.1) is 12.7 Å². The lowest BCUT2D eigenvalue weighted by molar-refractivity contribution is 0.462. The molecule has 0 heterocycles. The average molecular weight is 259 g/mol. The molecular weight excluding hydrogens is 241 g/mol. The highest BCUT2D eigenvalue weighted by atomic mass is 19.1. The molecule has 2 aromatic carbocycles. The molecule has 0 amide bonds. The molecule has 2 aromatic rings. The Balaban J connectivity index is 2.29. The van der Waals surface area contributed by atoms with Crippen molar-refractivity contribution in [1.82, 2.24) is 0 Å². The van der Waals surface area contributed by atoms with E-state index >= 15 is 0 Å². The maximum atomic E-state index is 13.3. The zero-order valence-electron chi connectivity index (χ0n) is 11.2. The third-order valence-corrected chi connectivity index (χ3v) is 3.25. The lowest BCUT2D eigenvalue weighted by Crippen LogP contribution is -2.11. The van der Waals surface area contributed by atoms with Crippen molar-refractivity contribution in [3.8, 4) is 5.75 Å². The highest BCUT2D eigenvalue weighted by Gasteiger charge is 2.14. The lowest BCUT2D eigenvalue weighted by Gasteiger charge is -2.21. The van der Waals surface area contributed by atoms with Crippen molar-refractivity contribution < 1.29 is 9.50 Å². The second-order valence-electron chi connectivity index (χ2n) is 4.62. The Morgan fingerprint density at radius 1 is 1.21 bits per heavy atom. The van der Waals surface area contributed by atoms with E-state index in [1.54, 1.807) is 18.2 Å². The highest BCUT2D eigenvalue weighted by molar-refractivity contribution is 5.53. The summed E-state index contributed by atoms with van der Waals surface area (Å²) in [4.78, 5) is 0. The molecule has 3 heteroatoms. The topological polar surface area (TPSA) is 32.3 Å². The van der Waals surface area contributed by atoms with Crippen LogP contribution in [0.15, 0.2) is 42.5 Å². The number of para-hydroxylation sites is 1. The fourth-order valence-electron chi connectivity index (χ4n) is 2.12. The zero-order chi connectivity index (χ0) is 13.8. The third-order valence-electron chi connectivity index (χ3n) is 3.25. The molecule has 2 rings (SSSR count). The van der Waals surface area contributed by atoms with Crippen LogP contribution < -0.4 is 5.32 Å². The van der Waals surface area contributed by atoms with Crippen LogP contribution in [0.1, 0.15) is 30.5 Å². The molecule has 0 saturated carbocycles. The third kappa shape index (κ3) is 3.05. The molecular formula is C16H18FNO. The molecule has 2 nitrogen and oxygen atoms in total. The summed E-state index contributed by atoms with van der Waals surface area (Å²) in [5.74, 6) is -0.00357. The van der Waals surface area contributed by atoms with Gasteiger partial charge in [0.25, 0.3) is 0 Å². The first-order chi connectivity index (χ1) is 9.11. The Morgan fingerprint density at radius 2 is 1.95 bits per heavy atom. The Labute approximate surface area is 112 Å². The van der Waals surface area contributed by atoms with Gasteiger partial charge in [-0.2, -0.15) is 0 Å². The number of rotatable bonds is 4. The summed E-state index contributed by atoms with van der Waals surface area (Å²) in [5, 5.41) is 13.2. The highest BCUT2D eigenvalue weighted by Crippen LogP contribution is 2.30. The van der Waals surface area contributed by atoms with Crippen molar-refractivity contribution in [3.63, 3.8) is 0 Å². The minimum Gasteiger partial charge on any atom is -0.508 e. The molecule has 0 bridgehead atoms. The van der Waals surface area contributed by atoms with Crippen molar-refractivity contribution in [1.29, 1.82) is 0 Å². The monoisotopic (exact) mass is 259 g/mol. The van der Waals surface area contributed by atoms with Crippen LogP contribution in [0.2, 0.25) is 0 Å². The number of phenolic OH excluding ortho intramolecular Hbond substituents is 1. The van der Waals surface area contributed by atoms with Gasteiger partial charge in [0, 0.05) is 11.3 Å². The number of nitrogens with one attached hydrogen (secondary N) is 1. The van der Waals surface area contributed by atoms with E-state index in [2.05, 4.69) is 5.32 Å². The number of phenols is 1.